The van der Waals surface area contributed by atoms with E-state index in [4.69, 9.17) is 17.3 Å². The first-order valence-electron chi connectivity index (χ1n) is 5.55. The Labute approximate surface area is 117 Å². The fourth-order valence-electron chi connectivity index (χ4n) is 2.17. The standard InChI is InChI=1S/C12H9ClFN3OS/c13-5-1-2-8(14)6(3-5)7-4-9(18)16-11-10(7)19-12(15)17-11/h1-3,7H,4H2,(H2,15,17)(H,16,18)/t7-/m1/s1. The molecule has 0 aliphatic carbocycles. The van der Waals surface area contributed by atoms with Gasteiger partial charge in [0.2, 0.25) is 5.91 Å². The molecule has 1 aliphatic rings. The van der Waals surface area contributed by atoms with Gasteiger partial charge in [-0.2, -0.15) is 0 Å². The molecule has 0 bridgehead atoms. The zero-order valence-corrected chi connectivity index (χ0v) is 11.2. The zero-order chi connectivity index (χ0) is 13.6. The Hall–Kier alpha value is -1.66. The lowest BCUT2D eigenvalue weighted by Gasteiger charge is -2.22. The van der Waals surface area contributed by atoms with E-state index in [1.54, 1.807) is 6.07 Å². The topological polar surface area (TPSA) is 68.0 Å². The van der Waals surface area contributed by atoms with Gasteiger partial charge in [-0.25, -0.2) is 9.37 Å². The molecule has 0 radical (unpaired) electrons. The van der Waals surface area contributed by atoms with Crippen molar-refractivity contribution in [1.82, 2.24) is 4.98 Å². The van der Waals surface area contributed by atoms with Gasteiger partial charge in [0.15, 0.2) is 5.13 Å². The summed E-state index contributed by atoms with van der Waals surface area (Å²) in [4.78, 5) is 16.5. The predicted molar refractivity (Wildman–Crippen MR) is 73.0 cm³/mol. The van der Waals surface area contributed by atoms with Crippen molar-refractivity contribution in [2.24, 2.45) is 0 Å². The zero-order valence-electron chi connectivity index (χ0n) is 9.61. The number of rotatable bonds is 1. The molecule has 2 aromatic rings. The number of halogens is 2. The summed E-state index contributed by atoms with van der Waals surface area (Å²) in [5.74, 6) is -0.565. The van der Waals surface area contributed by atoms with Crippen LogP contribution in [0.5, 0.6) is 0 Å². The number of aromatic nitrogens is 1. The number of nitrogens with two attached hydrogens (primary N) is 1. The van der Waals surface area contributed by atoms with Crippen molar-refractivity contribution in [2.75, 3.05) is 11.1 Å². The Balaban J connectivity index is 2.14. The molecule has 1 amide bonds. The molecular formula is C12H9ClFN3OS. The van der Waals surface area contributed by atoms with Crippen LogP contribution in [-0.4, -0.2) is 10.9 Å². The second-order valence-electron chi connectivity index (χ2n) is 4.24. The number of benzene rings is 1. The Morgan fingerprint density at radius 2 is 2.32 bits per heavy atom. The second-order valence-corrected chi connectivity index (χ2v) is 5.73. The van der Waals surface area contributed by atoms with E-state index in [0.717, 1.165) is 4.88 Å². The molecule has 1 aromatic carbocycles. The van der Waals surface area contributed by atoms with E-state index in [-0.39, 0.29) is 18.1 Å². The normalized spacial score (nSPS) is 18.0. The molecular weight excluding hydrogens is 289 g/mol. The van der Waals surface area contributed by atoms with Gasteiger partial charge in [0, 0.05) is 17.4 Å². The lowest BCUT2D eigenvalue weighted by Crippen LogP contribution is -2.23. The average molecular weight is 298 g/mol. The summed E-state index contributed by atoms with van der Waals surface area (Å²) in [6.45, 7) is 0. The molecule has 4 nitrogen and oxygen atoms in total. The van der Waals surface area contributed by atoms with Crippen LogP contribution in [0.4, 0.5) is 15.3 Å². The maximum absolute atomic E-state index is 13.9. The van der Waals surface area contributed by atoms with Crippen LogP contribution in [0.2, 0.25) is 5.02 Å². The Morgan fingerprint density at radius 3 is 3.11 bits per heavy atom. The maximum Gasteiger partial charge on any atom is 0.226 e. The average Bonchev–Trinajstić information content (AvgIpc) is 2.71. The third kappa shape index (κ3) is 2.17. The molecule has 1 aromatic heterocycles. The first kappa shape index (κ1) is 12.4. The van der Waals surface area contributed by atoms with Crippen molar-refractivity contribution < 1.29 is 9.18 Å². The largest absolute Gasteiger partial charge is 0.375 e. The van der Waals surface area contributed by atoms with E-state index in [1.807, 2.05) is 0 Å². The summed E-state index contributed by atoms with van der Waals surface area (Å²) in [7, 11) is 0. The summed E-state index contributed by atoms with van der Waals surface area (Å²) in [6, 6.07) is 4.32. The summed E-state index contributed by atoms with van der Waals surface area (Å²) in [5, 5.41) is 3.42. The fourth-order valence-corrected chi connectivity index (χ4v) is 3.26. The van der Waals surface area contributed by atoms with Gasteiger partial charge >= 0.3 is 0 Å². The number of nitrogens with one attached hydrogen (secondary N) is 1. The van der Waals surface area contributed by atoms with Gasteiger partial charge in [-0.05, 0) is 23.8 Å². The second kappa shape index (κ2) is 4.47. The lowest BCUT2D eigenvalue weighted by molar-refractivity contribution is -0.116. The number of anilines is 2. The van der Waals surface area contributed by atoms with E-state index in [0.29, 0.717) is 21.5 Å². The number of carbonyl (C=O) groups excluding carboxylic acids is 1. The van der Waals surface area contributed by atoms with Crippen molar-refractivity contribution in [2.45, 2.75) is 12.3 Å². The quantitative estimate of drug-likeness (QED) is 0.850. The molecule has 0 saturated carbocycles. The number of carbonyl (C=O) groups is 1. The van der Waals surface area contributed by atoms with Gasteiger partial charge in [-0.3, -0.25) is 4.79 Å². The van der Waals surface area contributed by atoms with Crippen LogP contribution in [0, 0.1) is 5.82 Å². The van der Waals surface area contributed by atoms with Gasteiger partial charge in [0.25, 0.3) is 0 Å². The molecule has 3 N–H and O–H groups in total. The molecule has 7 heteroatoms. The number of hydrogen-bond acceptors (Lipinski definition) is 4. The number of fused-ring (bicyclic) bond motifs is 1. The van der Waals surface area contributed by atoms with Crippen LogP contribution in [0.25, 0.3) is 0 Å². The van der Waals surface area contributed by atoms with Crippen LogP contribution in [0.3, 0.4) is 0 Å². The lowest BCUT2D eigenvalue weighted by atomic mass is 9.91. The smallest absolute Gasteiger partial charge is 0.226 e. The van der Waals surface area contributed by atoms with E-state index < -0.39 is 5.92 Å². The molecule has 19 heavy (non-hydrogen) atoms. The van der Waals surface area contributed by atoms with Gasteiger partial charge in [-0.15, -0.1) is 0 Å². The monoisotopic (exact) mass is 297 g/mol. The number of thiazole rings is 1. The third-order valence-electron chi connectivity index (χ3n) is 2.97. The minimum atomic E-state index is -0.391. The molecule has 1 aliphatic heterocycles. The van der Waals surface area contributed by atoms with Crippen molar-refractivity contribution >= 4 is 39.8 Å². The fraction of sp³-hybridized carbons (Fsp3) is 0.167. The predicted octanol–water partition coefficient (Wildman–Crippen LogP) is 2.99. The van der Waals surface area contributed by atoms with Crippen molar-refractivity contribution in [3.8, 4) is 0 Å². The van der Waals surface area contributed by atoms with Crippen LogP contribution in [0.1, 0.15) is 22.8 Å². The number of nitrogens with zero attached hydrogens (tertiary/aromatic N) is 1. The molecule has 0 saturated heterocycles. The van der Waals surface area contributed by atoms with Crippen molar-refractivity contribution in [1.29, 1.82) is 0 Å². The molecule has 1 atom stereocenters. The van der Waals surface area contributed by atoms with Crippen LogP contribution >= 0.6 is 22.9 Å². The Morgan fingerprint density at radius 1 is 1.53 bits per heavy atom. The highest BCUT2D eigenvalue weighted by Gasteiger charge is 2.31. The van der Waals surface area contributed by atoms with Gasteiger partial charge in [-0.1, -0.05) is 22.9 Å². The summed E-state index contributed by atoms with van der Waals surface area (Å²) < 4.78 is 13.9. The van der Waals surface area contributed by atoms with Crippen LogP contribution in [-0.2, 0) is 4.79 Å². The summed E-state index contributed by atoms with van der Waals surface area (Å²) >= 11 is 7.15. The Bertz CT molecular complexity index is 673. The van der Waals surface area contributed by atoms with E-state index >= 15 is 0 Å². The van der Waals surface area contributed by atoms with Crippen molar-refractivity contribution in [3.05, 3.63) is 39.5 Å². The summed E-state index contributed by atoms with van der Waals surface area (Å²) in [5.41, 5.74) is 6.04. The maximum atomic E-state index is 13.9. The third-order valence-corrected chi connectivity index (χ3v) is 4.20. The highest BCUT2D eigenvalue weighted by atomic mass is 35.5. The minimum absolute atomic E-state index is 0.159. The van der Waals surface area contributed by atoms with Gasteiger partial charge < -0.3 is 11.1 Å². The minimum Gasteiger partial charge on any atom is -0.375 e. The molecule has 2 heterocycles. The SMILES string of the molecule is Nc1nc2c(s1)[C@@H](c1cc(Cl)ccc1F)CC(=O)N2. The number of hydrogen-bond donors (Lipinski definition) is 2. The van der Waals surface area contributed by atoms with E-state index in [9.17, 15) is 9.18 Å². The highest BCUT2D eigenvalue weighted by molar-refractivity contribution is 7.16. The van der Waals surface area contributed by atoms with Crippen LogP contribution < -0.4 is 11.1 Å². The van der Waals surface area contributed by atoms with E-state index in [1.165, 1.54) is 23.5 Å². The van der Waals surface area contributed by atoms with E-state index in [2.05, 4.69) is 10.3 Å². The molecule has 98 valence electrons. The number of nitrogen functional groups attached to an aromatic ring is 1. The highest BCUT2D eigenvalue weighted by Crippen LogP contribution is 2.42. The van der Waals surface area contributed by atoms with Crippen molar-refractivity contribution in [3.63, 3.8) is 0 Å². The molecule has 0 fully saturated rings. The first-order valence-corrected chi connectivity index (χ1v) is 6.75. The first-order chi connectivity index (χ1) is 9.04. The number of amides is 1. The molecule has 0 unspecified atom stereocenters. The molecule has 0 spiro atoms. The van der Waals surface area contributed by atoms with Gasteiger partial charge in [0.1, 0.15) is 11.6 Å². The van der Waals surface area contributed by atoms with Gasteiger partial charge in [0.05, 0.1) is 4.88 Å². The Kier molecular flexibility index (Phi) is 2.91. The molecule has 3 rings (SSSR count). The summed E-state index contributed by atoms with van der Waals surface area (Å²) in [6.07, 6.45) is 0.159. The van der Waals surface area contributed by atoms with Crippen LogP contribution in [0.15, 0.2) is 18.2 Å².